The maximum Gasteiger partial charge on any atom is 0.276 e. The summed E-state index contributed by atoms with van der Waals surface area (Å²) in [5.74, 6) is 0.963. The van der Waals surface area contributed by atoms with Gasteiger partial charge in [0.05, 0.1) is 17.6 Å². The highest BCUT2D eigenvalue weighted by atomic mass is 79.9. The molecule has 1 unspecified atom stereocenters. The van der Waals surface area contributed by atoms with Crippen LogP contribution in [-0.2, 0) is 0 Å². The van der Waals surface area contributed by atoms with Gasteiger partial charge in [-0.25, -0.2) is 0 Å². The van der Waals surface area contributed by atoms with Crippen molar-refractivity contribution in [1.82, 2.24) is 0 Å². The van der Waals surface area contributed by atoms with E-state index >= 15 is 0 Å². The molecule has 0 radical (unpaired) electrons. The topological polar surface area (TPSA) is 52.4 Å². The van der Waals surface area contributed by atoms with Crippen molar-refractivity contribution in [3.8, 4) is 5.75 Å². The maximum atomic E-state index is 10.8. The number of nitrogens with zero attached hydrogens (tertiary/aromatic N) is 1. The number of nitro benzene ring substituents is 1. The molecule has 1 aromatic carbocycles. The van der Waals surface area contributed by atoms with Gasteiger partial charge in [0, 0.05) is 10.9 Å². The summed E-state index contributed by atoms with van der Waals surface area (Å²) in [6.07, 6.45) is 0. The van der Waals surface area contributed by atoms with Gasteiger partial charge in [0.25, 0.3) is 5.69 Å². The van der Waals surface area contributed by atoms with E-state index in [2.05, 4.69) is 15.9 Å². The summed E-state index contributed by atoms with van der Waals surface area (Å²) in [7, 11) is 0. The Morgan fingerprint density at radius 1 is 1.41 bits per heavy atom. The zero-order chi connectivity index (χ0) is 13.0. The third-order valence-electron chi connectivity index (χ3n) is 2.48. The zero-order valence-electron chi connectivity index (χ0n) is 10.2. The molecule has 0 fully saturated rings. The molecule has 94 valence electrons. The van der Waals surface area contributed by atoms with E-state index in [1.807, 2.05) is 13.8 Å². The van der Waals surface area contributed by atoms with Crippen LogP contribution in [0.3, 0.4) is 0 Å². The maximum absolute atomic E-state index is 10.8. The van der Waals surface area contributed by atoms with E-state index in [0.717, 1.165) is 10.9 Å². The molecule has 0 aliphatic carbocycles. The van der Waals surface area contributed by atoms with Gasteiger partial charge in [-0.3, -0.25) is 10.1 Å². The minimum absolute atomic E-state index is 0.108. The molecule has 0 amide bonds. The lowest BCUT2D eigenvalue weighted by Crippen LogP contribution is -2.10. The average molecular weight is 302 g/mol. The lowest BCUT2D eigenvalue weighted by molar-refractivity contribution is -0.385. The first-order chi connectivity index (χ1) is 7.95. The van der Waals surface area contributed by atoms with Gasteiger partial charge in [0.2, 0.25) is 0 Å². The van der Waals surface area contributed by atoms with Gasteiger partial charge in [-0.15, -0.1) is 0 Å². The summed E-state index contributed by atoms with van der Waals surface area (Å²) in [6.45, 7) is 6.22. The van der Waals surface area contributed by atoms with Crippen LogP contribution in [0.5, 0.6) is 5.75 Å². The molecule has 1 aromatic rings. The molecule has 0 saturated carbocycles. The van der Waals surface area contributed by atoms with Crippen molar-refractivity contribution in [1.29, 1.82) is 0 Å². The summed E-state index contributed by atoms with van der Waals surface area (Å²) >= 11 is 3.37. The smallest absolute Gasteiger partial charge is 0.276 e. The van der Waals surface area contributed by atoms with Gasteiger partial charge in [-0.1, -0.05) is 22.9 Å². The number of benzene rings is 1. The van der Waals surface area contributed by atoms with Crippen LogP contribution < -0.4 is 4.74 Å². The van der Waals surface area contributed by atoms with Crippen molar-refractivity contribution >= 4 is 21.6 Å². The molecule has 0 bridgehead atoms. The molecular formula is C12H16BrNO3. The first-order valence-corrected chi connectivity index (χ1v) is 6.52. The van der Waals surface area contributed by atoms with E-state index in [1.165, 1.54) is 6.07 Å². The minimum atomic E-state index is -0.379. The quantitative estimate of drug-likeness (QED) is 0.474. The van der Waals surface area contributed by atoms with Gasteiger partial charge in [0.1, 0.15) is 5.75 Å². The number of nitro groups is 1. The van der Waals surface area contributed by atoms with Crippen molar-refractivity contribution < 1.29 is 9.66 Å². The van der Waals surface area contributed by atoms with Gasteiger partial charge in [-0.05, 0) is 31.4 Å². The second-order valence-corrected chi connectivity index (χ2v) is 4.88. The number of ether oxygens (including phenoxy) is 1. The lowest BCUT2D eigenvalue weighted by Gasteiger charge is -2.13. The van der Waals surface area contributed by atoms with Crippen molar-refractivity contribution in [3.05, 3.63) is 33.4 Å². The third-order valence-corrected chi connectivity index (χ3v) is 3.58. The number of aryl methyl sites for hydroxylation is 2. The molecule has 1 atom stereocenters. The second-order valence-electron chi connectivity index (χ2n) is 4.23. The van der Waals surface area contributed by atoms with Crippen LogP contribution in [0.25, 0.3) is 0 Å². The highest BCUT2D eigenvalue weighted by Crippen LogP contribution is 2.28. The Kier molecular flexibility index (Phi) is 4.93. The fourth-order valence-corrected chi connectivity index (χ4v) is 1.64. The van der Waals surface area contributed by atoms with E-state index in [9.17, 15) is 10.1 Å². The Balaban J connectivity index is 2.92. The molecule has 0 saturated heterocycles. The highest BCUT2D eigenvalue weighted by molar-refractivity contribution is 9.09. The first-order valence-electron chi connectivity index (χ1n) is 5.40. The SMILES string of the molecule is Cc1cc(C)c([N+](=O)[O-])cc1OCC(C)CBr. The van der Waals surface area contributed by atoms with Gasteiger partial charge in [-0.2, -0.15) is 0 Å². The molecule has 0 aromatic heterocycles. The van der Waals surface area contributed by atoms with E-state index in [-0.39, 0.29) is 10.6 Å². The van der Waals surface area contributed by atoms with Crippen molar-refractivity contribution in [3.63, 3.8) is 0 Å². The van der Waals surface area contributed by atoms with Crippen LogP contribution >= 0.6 is 15.9 Å². The Bertz CT molecular complexity index is 420. The van der Waals surface area contributed by atoms with Crippen LogP contribution in [0.2, 0.25) is 0 Å². The van der Waals surface area contributed by atoms with Crippen molar-refractivity contribution in [2.24, 2.45) is 5.92 Å². The number of halogens is 1. The van der Waals surface area contributed by atoms with Crippen LogP contribution in [0.15, 0.2) is 12.1 Å². The Morgan fingerprint density at radius 2 is 2.06 bits per heavy atom. The van der Waals surface area contributed by atoms with Crippen molar-refractivity contribution in [2.45, 2.75) is 20.8 Å². The Labute approximate surface area is 109 Å². The number of alkyl halides is 1. The molecule has 0 aliphatic rings. The Morgan fingerprint density at radius 3 is 2.59 bits per heavy atom. The van der Waals surface area contributed by atoms with Gasteiger partial charge in [0.15, 0.2) is 0 Å². The van der Waals surface area contributed by atoms with E-state index < -0.39 is 0 Å². The summed E-state index contributed by atoms with van der Waals surface area (Å²) in [6, 6.07) is 3.29. The monoisotopic (exact) mass is 301 g/mol. The highest BCUT2D eigenvalue weighted by Gasteiger charge is 2.14. The fraction of sp³-hybridized carbons (Fsp3) is 0.500. The molecule has 0 heterocycles. The van der Waals surface area contributed by atoms with Crippen LogP contribution in [0.1, 0.15) is 18.1 Å². The van der Waals surface area contributed by atoms with E-state index in [4.69, 9.17) is 4.74 Å². The summed E-state index contributed by atoms with van der Waals surface area (Å²) in [4.78, 5) is 10.4. The first kappa shape index (κ1) is 14.0. The third kappa shape index (κ3) is 3.70. The molecular weight excluding hydrogens is 286 g/mol. The molecule has 0 aliphatic heterocycles. The molecule has 5 heteroatoms. The molecule has 4 nitrogen and oxygen atoms in total. The summed E-state index contributed by atoms with van der Waals surface area (Å²) < 4.78 is 5.60. The largest absolute Gasteiger partial charge is 0.493 e. The second kappa shape index (κ2) is 6.00. The van der Waals surface area contributed by atoms with Crippen LogP contribution in [0, 0.1) is 29.9 Å². The molecule has 0 N–H and O–H groups in total. The predicted molar refractivity (Wildman–Crippen MR) is 71.0 cm³/mol. The van der Waals surface area contributed by atoms with Gasteiger partial charge >= 0.3 is 0 Å². The van der Waals surface area contributed by atoms with Crippen LogP contribution in [-0.4, -0.2) is 16.9 Å². The van der Waals surface area contributed by atoms with Crippen LogP contribution in [0.4, 0.5) is 5.69 Å². The molecule has 17 heavy (non-hydrogen) atoms. The standard InChI is InChI=1S/C12H16BrNO3/c1-8(6-13)7-17-12-5-11(14(15)16)9(2)4-10(12)3/h4-5,8H,6-7H2,1-3H3. The van der Waals surface area contributed by atoms with Gasteiger partial charge < -0.3 is 4.74 Å². The molecule has 0 spiro atoms. The number of hydrogen-bond donors (Lipinski definition) is 0. The average Bonchev–Trinajstić information content (AvgIpc) is 2.26. The number of hydrogen-bond acceptors (Lipinski definition) is 3. The molecule has 1 rings (SSSR count). The normalized spacial score (nSPS) is 12.2. The zero-order valence-corrected chi connectivity index (χ0v) is 11.8. The lowest BCUT2D eigenvalue weighted by atomic mass is 10.1. The predicted octanol–water partition coefficient (Wildman–Crippen LogP) is 3.62. The van der Waals surface area contributed by atoms with E-state index in [1.54, 1.807) is 13.0 Å². The summed E-state index contributed by atoms with van der Waals surface area (Å²) in [5, 5.41) is 11.7. The minimum Gasteiger partial charge on any atom is -0.493 e. The van der Waals surface area contributed by atoms with E-state index in [0.29, 0.717) is 23.8 Å². The summed E-state index contributed by atoms with van der Waals surface area (Å²) in [5.41, 5.74) is 1.69. The Hall–Kier alpha value is -1.10. The number of rotatable bonds is 5. The van der Waals surface area contributed by atoms with Crippen molar-refractivity contribution in [2.75, 3.05) is 11.9 Å². The fourth-order valence-electron chi connectivity index (χ4n) is 1.45.